The SMILES string of the molecule is COc1c(CCc2ccc(F)cc2)cc(Cl)cc1C(N)=O. The standard InChI is InChI=1S/C16H15ClFNO2/c1-21-15-11(8-12(17)9-14(15)16(19)20)5-2-10-3-6-13(18)7-4-10/h3-4,6-9H,2,5H2,1H3,(H2,19,20). The minimum absolute atomic E-state index is 0.263. The summed E-state index contributed by atoms with van der Waals surface area (Å²) in [5, 5.41) is 0.429. The Morgan fingerprint density at radius 1 is 1.24 bits per heavy atom. The molecule has 5 heteroatoms. The highest BCUT2D eigenvalue weighted by Gasteiger charge is 2.15. The Kier molecular flexibility index (Phi) is 4.81. The zero-order valence-corrected chi connectivity index (χ0v) is 12.3. The first-order chi connectivity index (χ1) is 10.0. The van der Waals surface area contributed by atoms with Gasteiger partial charge < -0.3 is 10.5 Å². The first-order valence-electron chi connectivity index (χ1n) is 6.42. The monoisotopic (exact) mass is 307 g/mol. The minimum atomic E-state index is -0.586. The number of primary amides is 1. The van der Waals surface area contributed by atoms with Crippen molar-refractivity contribution >= 4 is 17.5 Å². The highest BCUT2D eigenvalue weighted by Crippen LogP contribution is 2.29. The van der Waals surface area contributed by atoms with E-state index in [1.165, 1.54) is 25.3 Å². The lowest BCUT2D eigenvalue weighted by Gasteiger charge is -2.12. The summed E-state index contributed by atoms with van der Waals surface area (Å²) in [7, 11) is 1.48. The number of benzene rings is 2. The Hall–Kier alpha value is -2.07. The molecule has 21 heavy (non-hydrogen) atoms. The molecular formula is C16H15ClFNO2. The molecule has 2 aromatic carbocycles. The minimum Gasteiger partial charge on any atom is -0.496 e. The van der Waals surface area contributed by atoms with Crippen LogP contribution in [0, 0.1) is 5.82 Å². The Balaban J connectivity index is 2.26. The van der Waals surface area contributed by atoms with Gasteiger partial charge in [0.15, 0.2) is 0 Å². The van der Waals surface area contributed by atoms with E-state index in [1.807, 2.05) is 0 Å². The smallest absolute Gasteiger partial charge is 0.252 e. The van der Waals surface area contributed by atoms with Crippen molar-refractivity contribution in [2.45, 2.75) is 12.8 Å². The molecule has 0 fully saturated rings. The average molecular weight is 308 g/mol. The molecule has 110 valence electrons. The molecule has 0 atom stereocenters. The number of hydrogen-bond donors (Lipinski definition) is 1. The van der Waals surface area contributed by atoms with Gasteiger partial charge in [-0.2, -0.15) is 0 Å². The number of rotatable bonds is 5. The molecule has 0 aromatic heterocycles. The molecule has 0 saturated heterocycles. The molecule has 0 radical (unpaired) electrons. The second-order valence-electron chi connectivity index (χ2n) is 4.64. The van der Waals surface area contributed by atoms with Crippen LogP contribution in [0.2, 0.25) is 5.02 Å². The molecular weight excluding hydrogens is 293 g/mol. The van der Waals surface area contributed by atoms with Gasteiger partial charge in [0.1, 0.15) is 11.6 Å². The molecule has 1 amide bonds. The first-order valence-corrected chi connectivity index (χ1v) is 6.79. The summed E-state index contributed by atoms with van der Waals surface area (Å²) in [4.78, 5) is 11.4. The number of halogens is 2. The number of carbonyl (C=O) groups is 1. The van der Waals surface area contributed by atoms with Gasteiger partial charge in [-0.15, -0.1) is 0 Å². The molecule has 0 aliphatic heterocycles. The maximum atomic E-state index is 12.9. The summed E-state index contributed by atoms with van der Waals surface area (Å²) in [5.41, 5.74) is 7.38. The van der Waals surface area contributed by atoms with Gasteiger partial charge in [-0.05, 0) is 48.2 Å². The highest BCUT2D eigenvalue weighted by molar-refractivity contribution is 6.31. The van der Waals surface area contributed by atoms with E-state index < -0.39 is 5.91 Å². The lowest BCUT2D eigenvalue weighted by atomic mass is 10.0. The number of amides is 1. The maximum Gasteiger partial charge on any atom is 0.252 e. The molecule has 0 heterocycles. The summed E-state index contributed by atoms with van der Waals surface area (Å²) in [5.74, 6) is -0.415. The fourth-order valence-corrected chi connectivity index (χ4v) is 2.43. The molecule has 2 aromatic rings. The van der Waals surface area contributed by atoms with E-state index in [9.17, 15) is 9.18 Å². The molecule has 3 nitrogen and oxygen atoms in total. The molecule has 0 aliphatic rings. The van der Waals surface area contributed by atoms with E-state index >= 15 is 0 Å². The van der Waals surface area contributed by atoms with Crippen LogP contribution in [0.3, 0.4) is 0 Å². The second kappa shape index (κ2) is 6.59. The molecule has 2 N–H and O–H groups in total. The van der Waals surface area contributed by atoms with Crippen molar-refractivity contribution < 1.29 is 13.9 Å². The van der Waals surface area contributed by atoms with Gasteiger partial charge in [0.25, 0.3) is 5.91 Å². The zero-order valence-electron chi connectivity index (χ0n) is 11.5. The van der Waals surface area contributed by atoms with Crippen molar-refractivity contribution in [2.24, 2.45) is 5.73 Å². The molecule has 0 aliphatic carbocycles. The number of ether oxygens (including phenoxy) is 1. The van der Waals surface area contributed by atoms with E-state index in [-0.39, 0.29) is 11.4 Å². The van der Waals surface area contributed by atoms with Gasteiger partial charge in [0.05, 0.1) is 12.7 Å². The van der Waals surface area contributed by atoms with Gasteiger partial charge in [-0.1, -0.05) is 23.7 Å². The Morgan fingerprint density at radius 2 is 1.90 bits per heavy atom. The number of carbonyl (C=O) groups excluding carboxylic acids is 1. The van der Waals surface area contributed by atoms with Crippen molar-refractivity contribution in [3.05, 3.63) is 63.9 Å². The van der Waals surface area contributed by atoms with Crippen LogP contribution in [0.15, 0.2) is 36.4 Å². The number of aryl methyl sites for hydroxylation is 2. The third-order valence-electron chi connectivity index (χ3n) is 3.20. The van der Waals surface area contributed by atoms with Gasteiger partial charge in [0, 0.05) is 5.02 Å². The van der Waals surface area contributed by atoms with Crippen molar-refractivity contribution in [3.63, 3.8) is 0 Å². The van der Waals surface area contributed by atoms with Crippen molar-refractivity contribution in [1.82, 2.24) is 0 Å². The number of hydrogen-bond acceptors (Lipinski definition) is 2. The topological polar surface area (TPSA) is 52.3 Å². The lowest BCUT2D eigenvalue weighted by molar-refractivity contribution is 0.0997. The lowest BCUT2D eigenvalue weighted by Crippen LogP contribution is -2.13. The molecule has 0 bridgehead atoms. The number of nitrogens with two attached hydrogens (primary N) is 1. The van der Waals surface area contributed by atoms with E-state index in [1.54, 1.807) is 18.2 Å². The Morgan fingerprint density at radius 3 is 2.48 bits per heavy atom. The van der Waals surface area contributed by atoms with Gasteiger partial charge in [-0.25, -0.2) is 4.39 Å². The van der Waals surface area contributed by atoms with E-state index in [2.05, 4.69) is 0 Å². The van der Waals surface area contributed by atoms with Crippen LogP contribution in [0.4, 0.5) is 4.39 Å². The van der Waals surface area contributed by atoms with Crippen LogP contribution in [0.5, 0.6) is 5.75 Å². The van der Waals surface area contributed by atoms with Crippen molar-refractivity contribution in [3.8, 4) is 5.75 Å². The highest BCUT2D eigenvalue weighted by atomic mass is 35.5. The molecule has 0 saturated carbocycles. The van der Waals surface area contributed by atoms with Gasteiger partial charge in [-0.3, -0.25) is 4.79 Å². The van der Waals surface area contributed by atoms with Crippen molar-refractivity contribution in [1.29, 1.82) is 0 Å². The van der Waals surface area contributed by atoms with E-state index in [4.69, 9.17) is 22.1 Å². The summed E-state index contributed by atoms with van der Waals surface area (Å²) in [6.07, 6.45) is 1.28. The normalized spacial score (nSPS) is 10.4. The molecule has 0 unspecified atom stereocenters. The summed E-state index contributed by atoms with van der Waals surface area (Å²) in [6.45, 7) is 0. The maximum absolute atomic E-state index is 12.9. The Bertz CT molecular complexity index is 656. The zero-order chi connectivity index (χ0) is 15.4. The quantitative estimate of drug-likeness (QED) is 0.920. The summed E-state index contributed by atoms with van der Waals surface area (Å²) < 4.78 is 18.2. The first kappa shape index (κ1) is 15.3. The van der Waals surface area contributed by atoms with Crippen LogP contribution in [0.1, 0.15) is 21.5 Å². The Labute approximate surface area is 127 Å². The largest absolute Gasteiger partial charge is 0.496 e. The molecule has 0 spiro atoms. The van der Waals surface area contributed by atoms with Crippen LogP contribution in [-0.2, 0) is 12.8 Å². The van der Waals surface area contributed by atoms with Crippen molar-refractivity contribution in [2.75, 3.05) is 7.11 Å². The van der Waals surface area contributed by atoms with Gasteiger partial charge in [0.2, 0.25) is 0 Å². The van der Waals surface area contributed by atoms with Crippen LogP contribution < -0.4 is 10.5 Å². The average Bonchev–Trinajstić information content (AvgIpc) is 2.46. The van der Waals surface area contributed by atoms with E-state index in [0.717, 1.165) is 11.1 Å². The predicted octanol–water partition coefficient (Wildman–Crippen LogP) is 3.37. The summed E-state index contributed by atoms with van der Waals surface area (Å²) >= 11 is 6.01. The third kappa shape index (κ3) is 3.73. The van der Waals surface area contributed by atoms with Crippen LogP contribution in [0.25, 0.3) is 0 Å². The van der Waals surface area contributed by atoms with Crippen LogP contribution in [-0.4, -0.2) is 13.0 Å². The summed E-state index contributed by atoms with van der Waals surface area (Å²) in [6, 6.07) is 9.52. The van der Waals surface area contributed by atoms with Crippen LogP contribution >= 0.6 is 11.6 Å². The van der Waals surface area contributed by atoms with Gasteiger partial charge >= 0.3 is 0 Å². The second-order valence-corrected chi connectivity index (χ2v) is 5.07. The molecule has 2 rings (SSSR count). The third-order valence-corrected chi connectivity index (χ3v) is 3.41. The fraction of sp³-hybridized carbons (Fsp3) is 0.188. The number of methoxy groups -OCH3 is 1. The predicted molar refractivity (Wildman–Crippen MR) is 80.3 cm³/mol. The fourth-order valence-electron chi connectivity index (χ4n) is 2.19. The van der Waals surface area contributed by atoms with E-state index in [0.29, 0.717) is 23.6 Å².